The second-order valence-corrected chi connectivity index (χ2v) is 6.38. The third-order valence-corrected chi connectivity index (χ3v) is 4.92. The van der Waals surface area contributed by atoms with Crippen molar-refractivity contribution in [1.82, 2.24) is 10.6 Å². The van der Waals surface area contributed by atoms with E-state index in [1.165, 1.54) is 0 Å². The summed E-state index contributed by atoms with van der Waals surface area (Å²) in [7, 11) is 0. The van der Waals surface area contributed by atoms with E-state index in [0.717, 1.165) is 12.8 Å². The van der Waals surface area contributed by atoms with Crippen LogP contribution in [0.1, 0.15) is 41.6 Å². The number of nitrogens with one attached hydrogen (secondary N) is 2. The van der Waals surface area contributed by atoms with Crippen LogP contribution >= 0.6 is 0 Å². The fourth-order valence-electron chi connectivity index (χ4n) is 3.52. The Hall–Kier alpha value is -2.57. The van der Waals surface area contributed by atoms with Gasteiger partial charge in [-0.1, -0.05) is 18.9 Å². The molecule has 24 heavy (non-hydrogen) atoms. The van der Waals surface area contributed by atoms with Crippen molar-refractivity contribution in [1.29, 1.82) is 0 Å². The first-order valence-corrected chi connectivity index (χ1v) is 8.15. The lowest BCUT2D eigenvalue weighted by atomic mass is 9.96. The summed E-state index contributed by atoms with van der Waals surface area (Å²) in [4.78, 5) is 37.8. The molecule has 0 unspecified atom stereocenters. The molecule has 3 N–H and O–H groups in total. The van der Waals surface area contributed by atoms with Crippen LogP contribution in [0, 0.1) is 6.92 Å². The van der Waals surface area contributed by atoms with Gasteiger partial charge in [-0.15, -0.1) is 0 Å². The molecule has 0 spiro atoms. The monoisotopic (exact) mass is 331 g/mol. The summed E-state index contributed by atoms with van der Waals surface area (Å²) in [5.74, 6) is -1.39. The van der Waals surface area contributed by atoms with Crippen molar-refractivity contribution in [2.75, 3.05) is 18.0 Å². The zero-order valence-corrected chi connectivity index (χ0v) is 13.6. The van der Waals surface area contributed by atoms with Gasteiger partial charge in [0, 0.05) is 24.3 Å². The molecule has 2 aliphatic rings. The lowest BCUT2D eigenvalue weighted by Crippen LogP contribution is -2.52. The van der Waals surface area contributed by atoms with E-state index in [0.29, 0.717) is 42.7 Å². The minimum atomic E-state index is -1.18. The van der Waals surface area contributed by atoms with E-state index in [9.17, 15) is 19.5 Å². The number of carbonyl (C=O) groups is 3. The third kappa shape index (κ3) is 2.70. The minimum absolute atomic E-state index is 0.187. The Morgan fingerprint density at radius 3 is 2.58 bits per heavy atom. The first-order valence-electron chi connectivity index (χ1n) is 8.15. The number of rotatable bonds is 4. The molecule has 1 aromatic carbocycles. The van der Waals surface area contributed by atoms with Crippen molar-refractivity contribution >= 4 is 23.6 Å². The molecule has 1 aliphatic heterocycles. The fourth-order valence-corrected chi connectivity index (χ4v) is 3.52. The quantitative estimate of drug-likeness (QED) is 0.781. The number of carboxylic acids is 1. The zero-order chi connectivity index (χ0) is 17.3. The highest BCUT2D eigenvalue weighted by Crippen LogP contribution is 2.31. The summed E-state index contributed by atoms with van der Waals surface area (Å²) < 4.78 is 0. The zero-order valence-electron chi connectivity index (χ0n) is 13.6. The first kappa shape index (κ1) is 16.3. The third-order valence-electron chi connectivity index (χ3n) is 4.92. The number of anilines is 1. The highest BCUT2D eigenvalue weighted by Gasteiger charge is 2.43. The van der Waals surface area contributed by atoms with E-state index in [2.05, 4.69) is 10.6 Å². The van der Waals surface area contributed by atoms with Gasteiger partial charge in [-0.05, 0) is 37.5 Å². The van der Waals surface area contributed by atoms with E-state index in [1.54, 1.807) is 30.0 Å². The number of nitrogens with zero attached hydrogens (tertiary/aromatic N) is 1. The summed E-state index contributed by atoms with van der Waals surface area (Å²) in [5.41, 5.74) is 0.573. The molecule has 7 heteroatoms. The summed E-state index contributed by atoms with van der Waals surface area (Å²) in [6.07, 6.45) is 2.47. The van der Waals surface area contributed by atoms with Crippen LogP contribution in [-0.4, -0.2) is 41.6 Å². The Kier molecular flexibility index (Phi) is 4.17. The average Bonchev–Trinajstić information content (AvgIpc) is 3.17. The Morgan fingerprint density at radius 2 is 2.00 bits per heavy atom. The molecule has 2 fully saturated rings. The lowest BCUT2D eigenvalue weighted by molar-refractivity contribution is -0.144. The van der Waals surface area contributed by atoms with Crippen molar-refractivity contribution in [2.45, 2.75) is 38.1 Å². The topological polar surface area (TPSA) is 98.7 Å². The van der Waals surface area contributed by atoms with Gasteiger partial charge in [0.05, 0.1) is 0 Å². The van der Waals surface area contributed by atoms with Crippen LogP contribution in [0.3, 0.4) is 0 Å². The number of hydrogen-bond donors (Lipinski definition) is 3. The smallest absolute Gasteiger partial charge is 0.329 e. The fraction of sp³-hybridized carbons (Fsp3) is 0.471. The van der Waals surface area contributed by atoms with Gasteiger partial charge in [0.2, 0.25) is 0 Å². The molecule has 3 rings (SSSR count). The van der Waals surface area contributed by atoms with Crippen molar-refractivity contribution in [3.63, 3.8) is 0 Å². The molecule has 1 aromatic rings. The number of hydrogen-bond acceptors (Lipinski definition) is 3. The molecule has 3 amide bonds. The van der Waals surface area contributed by atoms with Crippen molar-refractivity contribution in [3.8, 4) is 0 Å². The number of carbonyl (C=O) groups excluding carboxylic acids is 2. The molecule has 1 aliphatic carbocycles. The number of urea groups is 1. The Labute approximate surface area is 140 Å². The van der Waals surface area contributed by atoms with Crippen LogP contribution in [0.15, 0.2) is 18.2 Å². The molecule has 1 saturated carbocycles. The molecule has 128 valence electrons. The van der Waals surface area contributed by atoms with Crippen LogP contribution in [0.5, 0.6) is 0 Å². The summed E-state index contributed by atoms with van der Waals surface area (Å²) >= 11 is 0. The van der Waals surface area contributed by atoms with Crippen LogP contribution in [0.2, 0.25) is 0 Å². The predicted molar refractivity (Wildman–Crippen MR) is 88.2 cm³/mol. The maximum absolute atomic E-state index is 12.7. The number of carboxylic acid groups (broad SMARTS) is 1. The summed E-state index contributed by atoms with van der Waals surface area (Å²) in [6, 6.07) is 4.98. The first-order chi connectivity index (χ1) is 11.4. The second-order valence-electron chi connectivity index (χ2n) is 6.38. The van der Waals surface area contributed by atoms with Crippen molar-refractivity contribution < 1.29 is 19.5 Å². The minimum Gasteiger partial charge on any atom is -0.480 e. The molecule has 0 bridgehead atoms. The van der Waals surface area contributed by atoms with Gasteiger partial charge in [0.25, 0.3) is 5.91 Å². The van der Waals surface area contributed by atoms with Gasteiger partial charge >= 0.3 is 12.0 Å². The SMILES string of the molecule is Cc1c(C(=O)NC2(C(=O)O)CCCC2)cccc1N1CCNC1=O. The van der Waals surface area contributed by atoms with Crippen LogP contribution in [0.25, 0.3) is 0 Å². The molecule has 1 heterocycles. The highest BCUT2D eigenvalue weighted by molar-refractivity contribution is 6.02. The average molecular weight is 331 g/mol. The van der Waals surface area contributed by atoms with Gasteiger partial charge in [-0.25, -0.2) is 9.59 Å². The standard InChI is InChI=1S/C17H21N3O4/c1-11-12(5-4-6-13(11)20-10-9-18-16(20)24)14(21)19-17(15(22)23)7-2-3-8-17/h4-6H,2-3,7-10H2,1H3,(H,18,24)(H,19,21)(H,22,23). The van der Waals surface area contributed by atoms with E-state index < -0.39 is 17.4 Å². The Balaban J connectivity index is 1.88. The Bertz CT molecular complexity index is 695. The molecule has 0 aromatic heterocycles. The van der Waals surface area contributed by atoms with Gasteiger partial charge < -0.3 is 15.7 Å². The second kappa shape index (κ2) is 6.14. The maximum atomic E-state index is 12.7. The molecule has 0 radical (unpaired) electrons. The van der Waals surface area contributed by atoms with E-state index in [1.807, 2.05) is 0 Å². The number of benzene rings is 1. The van der Waals surface area contributed by atoms with Crippen molar-refractivity contribution in [3.05, 3.63) is 29.3 Å². The number of aliphatic carboxylic acids is 1. The number of amides is 3. The largest absolute Gasteiger partial charge is 0.480 e. The van der Waals surface area contributed by atoms with Crippen LogP contribution in [0.4, 0.5) is 10.5 Å². The molecular formula is C17H21N3O4. The Morgan fingerprint density at radius 1 is 1.29 bits per heavy atom. The summed E-state index contributed by atoms with van der Waals surface area (Å²) in [5, 5.41) is 15.0. The maximum Gasteiger partial charge on any atom is 0.329 e. The molecule has 1 saturated heterocycles. The molecular weight excluding hydrogens is 310 g/mol. The van der Waals surface area contributed by atoms with Crippen LogP contribution < -0.4 is 15.5 Å². The van der Waals surface area contributed by atoms with Gasteiger partial charge in [-0.2, -0.15) is 0 Å². The molecule has 7 nitrogen and oxygen atoms in total. The lowest BCUT2D eigenvalue weighted by Gasteiger charge is -2.26. The van der Waals surface area contributed by atoms with E-state index >= 15 is 0 Å². The van der Waals surface area contributed by atoms with Crippen LogP contribution in [-0.2, 0) is 4.79 Å². The highest BCUT2D eigenvalue weighted by atomic mass is 16.4. The predicted octanol–water partition coefficient (Wildman–Crippen LogP) is 1.65. The molecule has 0 atom stereocenters. The summed E-state index contributed by atoms with van der Waals surface area (Å²) in [6.45, 7) is 2.89. The van der Waals surface area contributed by atoms with Gasteiger partial charge in [0.1, 0.15) is 5.54 Å². The van der Waals surface area contributed by atoms with E-state index in [-0.39, 0.29) is 6.03 Å². The van der Waals surface area contributed by atoms with E-state index in [4.69, 9.17) is 0 Å². The van der Waals surface area contributed by atoms with Crippen molar-refractivity contribution in [2.24, 2.45) is 0 Å². The van der Waals surface area contributed by atoms with Gasteiger partial charge in [-0.3, -0.25) is 9.69 Å². The van der Waals surface area contributed by atoms with Gasteiger partial charge in [0.15, 0.2) is 0 Å². The normalized spacial score (nSPS) is 19.2.